The molecular formula is C16H25N3. The van der Waals surface area contributed by atoms with Crippen molar-refractivity contribution in [3.05, 3.63) is 0 Å². The van der Waals surface area contributed by atoms with Gasteiger partial charge in [0.05, 0.1) is 12.1 Å². The van der Waals surface area contributed by atoms with Crippen molar-refractivity contribution in [1.82, 2.24) is 9.80 Å². The van der Waals surface area contributed by atoms with E-state index in [0.717, 1.165) is 30.3 Å². The lowest BCUT2D eigenvalue weighted by molar-refractivity contribution is -0.0816. The molecule has 19 heavy (non-hydrogen) atoms. The highest BCUT2D eigenvalue weighted by atomic mass is 15.3. The molecule has 3 heteroatoms. The maximum absolute atomic E-state index is 9.42. The number of rotatable bonds is 0. The van der Waals surface area contributed by atoms with Crippen molar-refractivity contribution in [2.24, 2.45) is 11.8 Å². The molecule has 0 radical (unpaired) electrons. The Morgan fingerprint density at radius 2 is 1.74 bits per heavy atom. The van der Waals surface area contributed by atoms with Gasteiger partial charge in [-0.3, -0.25) is 9.80 Å². The first-order valence-electron chi connectivity index (χ1n) is 8.26. The van der Waals surface area contributed by atoms with E-state index in [1.165, 1.54) is 58.2 Å². The molecule has 4 aliphatic rings. The van der Waals surface area contributed by atoms with Crippen molar-refractivity contribution in [1.29, 1.82) is 5.26 Å². The van der Waals surface area contributed by atoms with Gasteiger partial charge in [0, 0.05) is 25.2 Å². The summed E-state index contributed by atoms with van der Waals surface area (Å²) in [6, 6.07) is 4.36. The zero-order chi connectivity index (χ0) is 12.8. The van der Waals surface area contributed by atoms with Crippen LogP contribution in [-0.2, 0) is 0 Å². The highest BCUT2D eigenvalue weighted by Crippen LogP contribution is 2.43. The van der Waals surface area contributed by atoms with Crippen LogP contribution in [0.25, 0.3) is 0 Å². The number of hydrogen-bond acceptors (Lipinski definition) is 3. The van der Waals surface area contributed by atoms with Gasteiger partial charge in [-0.2, -0.15) is 5.26 Å². The zero-order valence-corrected chi connectivity index (χ0v) is 11.8. The van der Waals surface area contributed by atoms with Crippen LogP contribution in [0.15, 0.2) is 0 Å². The second-order valence-electron chi connectivity index (χ2n) is 7.15. The van der Waals surface area contributed by atoms with E-state index in [2.05, 4.69) is 15.9 Å². The molecule has 4 rings (SSSR count). The van der Waals surface area contributed by atoms with E-state index in [1.54, 1.807) is 0 Å². The van der Waals surface area contributed by atoms with Crippen LogP contribution in [0.4, 0.5) is 0 Å². The Kier molecular flexibility index (Phi) is 3.04. The fourth-order valence-electron chi connectivity index (χ4n) is 5.44. The number of hydrogen-bond donors (Lipinski definition) is 0. The third-order valence-corrected chi connectivity index (χ3v) is 6.23. The number of nitrogens with zero attached hydrogens (tertiary/aromatic N) is 3. The Hall–Kier alpha value is -0.590. The molecule has 0 aromatic carbocycles. The molecule has 4 fully saturated rings. The Morgan fingerprint density at radius 1 is 0.895 bits per heavy atom. The van der Waals surface area contributed by atoms with Gasteiger partial charge in [-0.25, -0.2) is 0 Å². The first-order chi connectivity index (χ1) is 9.36. The topological polar surface area (TPSA) is 30.3 Å². The van der Waals surface area contributed by atoms with Crippen LogP contribution in [0, 0.1) is 23.2 Å². The number of piperidine rings is 4. The minimum Gasteiger partial charge on any atom is -0.300 e. The second kappa shape index (κ2) is 4.75. The van der Waals surface area contributed by atoms with Crippen LogP contribution < -0.4 is 0 Å². The fraction of sp³-hybridized carbons (Fsp3) is 0.938. The average Bonchev–Trinajstić information content (AvgIpc) is 2.47. The van der Waals surface area contributed by atoms with Crippen molar-refractivity contribution >= 4 is 0 Å². The van der Waals surface area contributed by atoms with E-state index < -0.39 is 0 Å². The molecule has 4 aliphatic heterocycles. The van der Waals surface area contributed by atoms with Crippen LogP contribution in [0.2, 0.25) is 0 Å². The van der Waals surface area contributed by atoms with Crippen LogP contribution in [0.3, 0.4) is 0 Å². The summed E-state index contributed by atoms with van der Waals surface area (Å²) in [6.45, 7) is 3.87. The van der Waals surface area contributed by atoms with Gasteiger partial charge in [-0.05, 0) is 56.9 Å². The Balaban J connectivity index is 1.59. The fourth-order valence-corrected chi connectivity index (χ4v) is 5.44. The molecule has 4 heterocycles. The molecule has 0 aliphatic carbocycles. The highest BCUT2D eigenvalue weighted by Gasteiger charge is 2.48. The SMILES string of the molecule is N#C[C@H]1CCC[C@@H]2[C@H]3C[C@@H](CN21)[C@@H]1CCCCN1C3. The van der Waals surface area contributed by atoms with Gasteiger partial charge < -0.3 is 0 Å². The number of fused-ring (bicyclic) bond motifs is 6. The largest absolute Gasteiger partial charge is 0.300 e. The predicted octanol–water partition coefficient (Wildman–Crippen LogP) is 2.24. The van der Waals surface area contributed by atoms with Gasteiger partial charge in [0.2, 0.25) is 0 Å². The molecule has 4 saturated heterocycles. The van der Waals surface area contributed by atoms with Gasteiger partial charge in [0.25, 0.3) is 0 Å². The molecular weight excluding hydrogens is 234 g/mol. The molecule has 0 aromatic heterocycles. The molecule has 104 valence electrons. The van der Waals surface area contributed by atoms with Crippen molar-refractivity contribution in [2.45, 2.75) is 63.1 Å². The van der Waals surface area contributed by atoms with Gasteiger partial charge in [0.15, 0.2) is 0 Å². The zero-order valence-electron chi connectivity index (χ0n) is 11.8. The maximum Gasteiger partial charge on any atom is 0.0980 e. The van der Waals surface area contributed by atoms with E-state index >= 15 is 0 Å². The lowest BCUT2D eigenvalue weighted by Crippen LogP contribution is -2.65. The second-order valence-corrected chi connectivity index (χ2v) is 7.15. The van der Waals surface area contributed by atoms with Gasteiger partial charge in [0.1, 0.15) is 0 Å². The minimum atomic E-state index is 0.221. The summed E-state index contributed by atoms with van der Waals surface area (Å²) < 4.78 is 0. The normalized spacial score (nSPS) is 47.0. The lowest BCUT2D eigenvalue weighted by Gasteiger charge is -2.58. The third-order valence-electron chi connectivity index (χ3n) is 6.23. The van der Waals surface area contributed by atoms with E-state index in [9.17, 15) is 5.26 Å². The summed E-state index contributed by atoms with van der Waals surface area (Å²) in [4.78, 5) is 5.41. The lowest BCUT2D eigenvalue weighted by atomic mass is 9.70. The molecule has 0 unspecified atom stereocenters. The van der Waals surface area contributed by atoms with E-state index in [4.69, 9.17) is 0 Å². The summed E-state index contributed by atoms with van der Waals surface area (Å²) in [7, 11) is 0. The monoisotopic (exact) mass is 259 g/mol. The maximum atomic E-state index is 9.42. The van der Waals surface area contributed by atoms with Gasteiger partial charge in [-0.1, -0.05) is 6.42 Å². The predicted molar refractivity (Wildman–Crippen MR) is 74.6 cm³/mol. The molecule has 5 atom stereocenters. The Bertz CT molecular complexity index is 388. The molecule has 0 amide bonds. The molecule has 2 bridgehead atoms. The summed E-state index contributed by atoms with van der Waals surface area (Å²) in [5.74, 6) is 1.70. The molecule has 0 spiro atoms. The molecule has 0 aromatic rings. The van der Waals surface area contributed by atoms with Crippen molar-refractivity contribution in [2.75, 3.05) is 19.6 Å². The first kappa shape index (κ1) is 12.2. The Morgan fingerprint density at radius 3 is 2.63 bits per heavy atom. The third kappa shape index (κ3) is 1.92. The Labute approximate surface area is 116 Å². The average molecular weight is 259 g/mol. The quantitative estimate of drug-likeness (QED) is 0.668. The smallest absolute Gasteiger partial charge is 0.0980 e. The van der Waals surface area contributed by atoms with Crippen LogP contribution >= 0.6 is 0 Å². The molecule has 3 nitrogen and oxygen atoms in total. The molecule has 0 saturated carbocycles. The standard InChI is InChI=1S/C16H25N3/c17-9-14-4-3-6-16-12-8-13(11-19(14)16)15-5-1-2-7-18(15)10-12/h12-16H,1-8,10-11H2/t12-,13-,14+,15-,16+/m0/s1. The van der Waals surface area contributed by atoms with Crippen LogP contribution in [-0.4, -0.2) is 47.6 Å². The summed E-state index contributed by atoms with van der Waals surface area (Å²) >= 11 is 0. The van der Waals surface area contributed by atoms with Crippen LogP contribution in [0.1, 0.15) is 44.9 Å². The van der Waals surface area contributed by atoms with Gasteiger partial charge in [-0.15, -0.1) is 0 Å². The van der Waals surface area contributed by atoms with Crippen molar-refractivity contribution in [3.8, 4) is 6.07 Å². The van der Waals surface area contributed by atoms with Crippen LogP contribution in [0.5, 0.6) is 0 Å². The van der Waals surface area contributed by atoms with E-state index in [-0.39, 0.29) is 6.04 Å². The first-order valence-corrected chi connectivity index (χ1v) is 8.26. The van der Waals surface area contributed by atoms with Gasteiger partial charge >= 0.3 is 0 Å². The summed E-state index contributed by atoms with van der Waals surface area (Å²) in [6.07, 6.45) is 9.41. The van der Waals surface area contributed by atoms with Crippen molar-refractivity contribution in [3.63, 3.8) is 0 Å². The summed E-state index contributed by atoms with van der Waals surface area (Å²) in [5, 5.41) is 9.42. The van der Waals surface area contributed by atoms with Crippen molar-refractivity contribution < 1.29 is 0 Å². The summed E-state index contributed by atoms with van der Waals surface area (Å²) in [5.41, 5.74) is 0. The highest BCUT2D eigenvalue weighted by molar-refractivity contribution is 5.06. The molecule has 0 N–H and O–H groups in total. The van der Waals surface area contributed by atoms with E-state index in [0.29, 0.717) is 0 Å². The minimum absolute atomic E-state index is 0.221. The van der Waals surface area contributed by atoms with E-state index in [1.807, 2.05) is 0 Å². The number of nitriles is 1.